The average molecular weight is 456 g/mol. The molecule has 2 aromatic rings. The number of aromatic nitrogens is 1. The number of aliphatic hydroxyl groups is 1. The van der Waals surface area contributed by atoms with Crippen molar-refractivity contribution in [2.24, 2.45) is 11.8 Å². The smallest absolute Gasteiger partial charge is 0.268 e. The number of fused-ring (bicyclic) bond motifs is 1. The summed E-state index contributed by atoms with van der Waals surface area (Å²) in [6.45, 7) is 8.06. The van der Waals surface area contributed by atoms with E-state index < -0.39 is 18.4 Å². The zero-order valence-electron chi connectivity index (χ0n) is 19.1. The maximum absolute atomic E-state index is 13.2. The van der Waals surface area contributed by atoms with Crippen LogP contribution in [0.2, 0.25) is 0 Å². The van der Waals surface area contributed by atoms with Gasteiger partial charge in [-0.1, -0.05) is 38.6 Å². The van der Waals surface area contributed by atoms with Gasteiger partial charge in [-0.25, -0.2) is 0 Å². The molecule has 178 valence electrons. The molecule has 3 amide bonds. The number of rotatable bonds is 11. The minimum Gasteiger partial charge on any atom is -0.375 e. The van der Waals surface area contributed by atoms with Crippen molar-refractivity contribution in [3.8, 4) is 0 Å². The summed E-state index contributed by atoms with van der Waals surface area (Å²) in [7, 11) is 0. The van der Waals surface area contributed by atoms with Crippen molar-refractivity contribution in [2.75, 3.05) is 6.54 Å². The van der Waals surface area contributed by atoms with Crippen LogP contribution in [-0.4, -0.2) is 52.8 Å². The second kappa shape index (κ2) is 11.1. The van der Waals surface area contributed by atoms with E-state index in [1.54, 1.807) is 6.07 Å². The van der Waals surface area contributed by atoms with Crippen molar-refractivity contribution in [2.45, 2.75) is 51.5 Å². The maximum Gasteiger partial charge on any atom is 0.268 e. The van der Waals surface area contributed by atoms with E-state index in [2.05, 4.69) is 32.8 Å². The highest BCUT2D eigenvalue weighted by molar-refractivity contribution is 6.00. The van der Waals surface area contributed by atoms with Crippen molar-refractivity contribution in [1.29, 1.82) is 0 Å². The van der Waals surface area contributed by atoms with Crippen LogP contribution in [0.4, 0.5) is 0 Å². The Morgan fingerprint density at radius 2 is 2.03 bits per heavy atom. The lowest BCUT2D eigenvalue weighted by Crippen LogP contribution is -2.56. The fraction of sp³-hybridized carbons (Fsp3) is 0.458. The molecule has 6 N–H and O–H groups in total. The van der Waals surface area contributed by atoms with Gasteiger partial charge >= 0.3 is 0 Å². The maximum atomic E-state index is 13.2. The van der Waals surface area contributed by atoms with Crippen molar-refractivity contribution in [3.63, 3.8) is 0 Å². The Balaban J connectivity index is 1.71. The highest BCUT2D eigenvalue weighted by Crippen LogP contribution is 2.17. The molecule has 0 bridgehead atoms. The summed E-state index contributed by atoms with van der Waals surface area (Å²) in [5.74, 6) is -0.966. The molecule has 9 heteroatoms. The largest absolute Gasteiger partial charge is 0.375 e. The van der Waals surface area contributed by atoms with Crippen molar-refractivity contribution in [1.82, 2.24) is 26.3 Å². The first-order valence-electron chi connectivity index (χ1n) is 11.3. The van der Waals surface area contributed by atoms with Gasteiger partial charge in [-0.3, -0.25) is 19.7 Å². The van der Waals surface area contributed by atoms with Crippen LogP contribution >= 0.6 is 0 Å². The molecule has 0 saturated carbocycles. The standard InChI is InChI=1S/C24H33N5O4/c1-4-21(30)28-20(13-16-9-10-25-22(16)31)29-24(33)18(11-14(2)3)27-23(32)19-12-15-7-5-6-8-17(15)26-19/h4-8,12,14,16,18,20-21,26,28,30H,1,9-11,13H2,2-3H3,(H,25,31)(H,27,32)(H,29,33)/t16-,18-,20-,21?/m0/s1. The topological polar surface area (TPSA) is 135 Å². The number of nitrogens with one attached hydrogen (secondary N) is 5. The molecule has 9 nitrogen and oxygen atoms in total. The van der Waals surface area contributed by atoms with Crippen LogP contribution in [0.3, 0.4) is 0 Å². The Morgan fingerprint density at radius 1 is 1.27 bits per heavy atom. The Labute approximate surface area is 193 Å². The summed E-state index contributed by atoms with van der Waals surface area (Å²) in [6.07, 6.45) is 0.981. The molecule has 0 radical (unpaired) electrons. The number of hydrogen-bond donors (Lipinski definition) is 6. The van der Waals surface area contributed by atoms with Crippen LogP contribution in [0.25, 0.3) is 10.9 Å². The van der Waals surface area contributed by atoms with Crippen LogP contribution in [-0.2, 0) is 9.59 Å². The SMILES string of the molecule is C=CC(O)N[C@H](C[C@@H]1CCNC1=O)NC(=O)[C@H](CC(C)C)NC(=O)c1cc2ccccc2[nH]1. The number of aliphatic hydroxyl groups excluding tert-OH is 1. The molecule has 4 atom stereocenters. The lowest BCUT2D eigenvalue weighted by Gasteiger charge is -2.27. The first kappa shape index (κ1) is 24.5. The number of carbonyl (C=O) groups excluding carboxylic acids is 3. The number of para-hydroxylation sites is 1. The molecule has 0 spiro atoms. The van der Waals surface area contributed by atoms with E-state index in [0.717, 1.165) is 10.9 Å². The Morgan fingerprint density at radius 3 is 2.67 bits per heavy atom. The monoisotopic (exact) mass is 455 g/mol. The second-order valence-electron chi connectivity index (χ2n) is 8.85. The number of benzene rings is 1. The molecule has 1 saturated heterocycles. The minimum atomic E-state index is -1.05. The number of aromatic amines is 1. The van der Waals surface area contributed by atoms with Gasteiger partial charge in [0.1, 0.15) is 18.0 Å². The van der Waals surface area contributed by atoms with Crippen LogP contribution < -0.4 is 21.3 Å². The first-order chi connectivity index (χ1) is 15.8. The predicted molar refractivity (Wildman–Crippen MR) is 126 cm³/mol. The normalized spacial score (nSPS) is 18.5. The van der Waals surface area contributed by atoms with E-state index in [0.29, 0.717) is 31.5 Å². The van der Waals surface area contributed by atoms with Gasteiger partial charge in [0.05, 0.1) is 6.17 Å². The highest BCUT2D eigenvalue weighted by Gasteiger charge is 2.31. The van der Waals surface area contributed by atoms with E-state index >= 15 is 0 Å². The van der Waals surface area contributed by atoms with Crippen LogP contribution in [0.1, 0.15) is 43.6 Å². The highest BCUT2D eigenvalue weighted by atomic mass is 16.3. The molecule has 1 aliphatic rings. The van der Waals surface area contributed by atoms with Crippen molar-refractivity contribution in [3.05, 3.63) is 48.7 Å². The summed E-state index contributed by atoms with van der Waals surface area (Å²) >= 11 is 0. The Hall–Kier alpha value is -3.17. The summed E-state index contributed by atoms with van der Waals surface area (Å²) in [6, 6.07) is 8.52. The molecule has 33 heavy (non-hydrogen) atoms. The van der Waals surface area contributed by atoms with Gasteiger partial charge in [-0.2, -0.15) is 0 Å². The van der Waals surface area contributed by atoms with E-state index in [9.17, 15) is 19.5 Å². The zero-order valence-corrected chi connectivity index (χ0v) is 19.1. The van der Waals surface area contributed by atoms with E-state index in [1.807, 2.05) is 38.1 Å². The number of hydrogen-bond acceptors (Lipinski definition) is 5. The second-order valence-corrected chi connectivity index (χ2v) is 8.85. The fourth-order valence-corrected chi connectivity index (χ4v) is 4.00. The molecule has 0 aliphatic carbocycles. The molecule has 1 aromatic carbocycles. The molecule has 1 aromatic heterocycles. The van der Waals surface area contributed by atoms with Gasteiger partial charge in [-0.15, -0.1) is 0 Å². The summed E-state index contributed by atoms with van der Waals surface area (Å²) in [4.78, 5) is 41.2. The molecular formula is C24H33N5O4. The Bertz CT molecular complexity index is 969. The lowest BCUT2D eigenvalue weighted by atomic mass is 10.00. The lowest BCUT2D eigenvalue weighted by molar-refractivity contribution is -0.126. The number of carbonyl (C=O) groups is 3. The van der Waals surface area contributed by atoms with Crippen LogP contribution in [0, 0.1) is 11.8 Å². The van der Waals surface area contributed by atoms with Gasteiger partial charge in [0, 0.05) is 23.4 Å². The van der Waals surface area contributed by atoms with E-state index in [-0.39, 0.29) is 29.6 Å². The van der Waals surface area contributed by atoms with Crippen molar-refractivity contribution >= 4 is 28.6 Å². The molecule has 2 heterocycles. The third kappa shape index (κ3) is 6.66. The van der Waals surface area contributed by atoms with Crippen LogP contribution in [0.5, 0.6) is 0 Å². The Kier molecular flexibility index (Phi) is 8.24. The third-order valence-corrected chi connectivity index (χ3v) is 5.70. The van der Waals surface area contributed by atoms with Gasteiger partial charge < -0.3 is 26.0 Å². The van der Waals surface area contributed by atoms with Gasteiger partial charge in [0.15, 0.2) is 0 Å². The summed E-state index contributed by atoms with van der Waals surface area (Å²) in [5, 5.41) is 22.2. The molecule has 1 aliphatic heterocycles. The van der Waals surface area contributed by atoms with Gasteiger partial charge in [0.25, 0.3) is 5.91 Å². The quantitative estimate of drug-likeness (QED) is 0.225. The van der Waals surface area contributed by atoms with E-state index in [1.165, 1.54) is 6.08 Å². The number of amides is 3. The predicted octanol–water partition coefficient (Wildman–Crippen LogP) is 1.37. The van der Waals surface area contributed by atoms with Crippen LogP contribution in [0.15, 0.2) is 43.0 Å². The average Bonchev–Trinajstić information content (AvgIpc) is 3.38. The van der Waals surface area contributed by atoms with E-state index in [4.69, 9.17) is 0 Å². The minimum absolute atomic E-state index is 0.0741. The summed E-state index contributed by atoms with van der Waals surface area (Å²) < 4.78 is 0. The molecule has 3 rings (SSSR count). The van der Waals surface area contributed by atoms with Crippen molar-refractivity contribution < 1.29 is 19.5 Å². The molecular weight excluding hydrogens is 422 g/mol. The third-order valence-electron chi connectivity index (χ3n) is 5.70. The fourth-order valence-electron chi connectivity index (χ4n) is 4.00. The zero-order chi connectivity index (χ0) is 24.0. The molecule has 1 fully saturated rings. The summed E-state index contributed by atoms with van der Waals surface area (Å²) in [5.41, 5.74) is 1.21. The van der Waals surface area contributed by atoms with Gasteiger partial charge in [0.2, 0.25) is 11.8 Å². The molecule has 1 unspecified atom stereocenters. The first-order valence-corrected chi connectivity index (χ1v) is 11.3. The van der Waals surface area contributed by atoms with Gasteiger partial charge in [-0.05, 0) is 43.4 Å². The number of H-pyrrole nitrogens is 1.